The number of hydrogen-bond acceptors (Lipinski definition) is 13. The Morgan fingerprint density at radius 2 is 1.24 bits per heavy atom. The summed E-state index contributed by atoms with van der Waals surface area (Å²) in [5.41, 5.74) is 1.20. The summed E-state index contributed by atoms with van der Waals surface area (Å²) in [5, 5.41) is 41.5. The highest BCUT2D eigenvalue weighted by Crippen LogP contribution is 2.44. The Hall–Kier alpha value is -4.45. The number of nitrogens with zero attached hydrogens (tertiary/aromatic N) is 4. The van der Waals surface area contributed by atoms with Crippen molar-refractivity contribution in [1.29, 1.82) is 0 Å². The van der Waals surface area contributed by atoms with Crippen molar-refractivity contribution >= 4 is 69.0 Å². The Morgan fingerprint density at radius 3 is 1.84 bits per heavy atom. The highest BCUT2D eigenvalue weighted by molar-refractivity contribution is 7.91. The monoisotopic (exact) mass is 675 g/mol. The Kier molecular flexibility index (Phi) is 9.30. The molecule has 0 amide bonds. The van der Waals surface area contributed by atoms with E-state index in [9.17, 15) is 40.0 Å². The molecule has 4 aromatic carbocycles. The van der Waals surface area contributed by atoms with E-state index < -0.39 is 56.8 Å². The third-order valence-corrected chi connectivity index (χ3v) is 11.2. The van der Waals surface area contributed by atoms with Crippen LogP contribution in [0.1, 0.15) is 19.4 Å². The van der Waals surface area contributed by atoms with Gasteiger partial charge in [0.1, 0.15) is 22.0 Å². The SMILES string of the molecule is CCS(=O)(=O)c1ccc(/N=N/c2c(NC)ccc3c(O)c(/N=N/c4cc(S(=O)(=O)CC)cc(S(=O)(=O)O)c4O)ccc23)c(C)c1. The number of anilines is 1. The fraction of sp³-hybridized carbons (Fsp3) is 0.214. The molecule has 0 aliphatic rings. The van der Waals surface area contributed by atoms with E-state index in [4.69, 9.17) is 0 Å². The maximum Gasteiger partial charge on any atom is 0.298 e. The largest absolute Gasteiger partial charge is 0.505 e. The molecule has 0 bridgehead atoms. The van der Waals surface area contributed by atoms with Crippen LogP contribution in [0.15, 0.2) is 89.7 Å². The van der Waals surface area contributed by atoms with Crippen LogP contribution in [0.25, 0.3) is 10.8 Å². The van der Waals surface area contributed by atoms with E-state index in [1.54, 1.807) is 45.2 Å². The fourth-order valence-electron chi connectivity index (χ4n) is 4.25. The molecule has 4 N–H and O–H groups in total. The topological polar surface area (TPSA) is 225 Å². The average molecular weight is 676 g/mol. The molecular weight excluding hydrogens is 647 g/mol. The van der Waals surface area contributed by atoms with Crippen molar-refractivity contribution in [2.75, 3.05) is 23.9 Å². The zero-order valence-electron chi connectivity index (χ0n) is 24.4. The van der Waals surface area contributed by atoms with Crippen LogP contribution in [0, 0.1) is 6.92 Å². The smallest absolute Gasteiger partial charge is 0.298 e. The molecule has 0 aromatic heterocycles. The van der Waals surface area contributed by atoms with Gasteiger partial charge in [-0.2, -0.15) is 13.5 Å². The first-order valence-electron chi connectivity index (χ1n) is 13.2. The van der Waals surface area contributed by atoms with Gasteiger partial charge >= 0.3 is 0 Å². The number of hydrogen-bond donors (Lipinski definition) is 4. The summed E-state index contributed by atoms with van der Waals surface area (Å²) in [6.45, 7) is 4.59. The normalized spacial score (nSPS) is 12.8. The first-order chi connectivity index (χ1) is 21.0. The third-order valence-electron chi connectivity index (χ3n) is 6.87. The van der Waals surface area contributed by atoms with Crippen LogP contribution in [0.2, 0.25) is 0 Å². The molecular formula is C28H29N5O9S3. The van der Waals surface area contributed by atoms with Crippen molar-refractivity contribution in [2.24, 2.45) is 20.5 Å². The molecule has 0 spiro atoms. The summed E-state index contributed by atoms with van der Waals surface area (Å²) in [4.78, 5) is -1.41. The molecule has 0 aliphatic carbocycles. The van der Waals surface area contributed by atoms with Gasteiger partial charge in [0.25, 0.3) is 10.1 Å². The zero-order valence-corrected chi connectivity index (χ0v) is 26.9. The highest BCUT2D eigenvalue weighted by atomic mass is 32.2. The van der Waals surface area contributed by atoms with E-state index in [1.165, 1.54) is 25.1 Å². The van der Waals surface area contributed by atoms with E-state index in [1.807, 2.05) is 0 Å². The van der Waals surface area contributed by atoms with Crippen LogP contribution in [-0.4, -0.2) is 58.6 Å². The van der Waals surface area contributed by atoms with Crippen LogP contribution in [0.4, 0.5) is 28.4 Å². The van der Waals surface area contributed by atoms with E-state index in [0.29, 0.717) is 34.1 Å². The van der Waals surface area contributed by atoms with Gasteiger partial charge in [-0.1, -0.05) is 13.8 Å². The Labute approximate surface area is 259 Å². The maximum atomic E-state index is 12.4. The molecule has 17 heteroatoms. The van der Waals surface area contributed by atoms with Crippen LogP contribution in [0.3, 0.4) is 0 Å². The summed E-state index contributed by atoms with van der Waals surface area (Å²) < 4.78 is 82.4. The van der Waals surface area contributed by atoms with Crippen molar-refractivity contribution < 1.29 is 40.0 Å². The van der Waals surface area contributed by atoms with Gasteiger partial charge in [0.05, 0.1) is 32.7 Å². The molecule has 0 saturated carbocycles. The van der Waals surface area contributed by atoms with E-state index in [-0.39, 0.29) is 27.5 Å². The third kappa shape index (κ3) is 6.80. The van der Waals surface area contributed by atoms with E-state index in [2.05, 4.69) is 25.8 Å². The van der Waals surface area contributed by atoms with Crippen LogP contribution in [0.5, 0.6) is 11.5 Å². The molecule has 0 unspecified atom stereocenters. The predicted molar refractivity (Wildman–Crippen MR) is 168 cm³/mol. The maximum absolute atomic E-state index is 12.4. The summed E-state index contributed by atoms with van der Waals surface area (Å²) in [6, 6.07) is 12.2. The second-order valence-corrected chi connectivity index (χ2v) is 15.6. The number of azo groups is 2. The molecule has 0 aliphatic heterocycles. The summed E-state index contributed by atoms with van der Waals surface area (Å²) in [6.07, 6.45) is 0. The van der Waals surface area contributed by atoms with Crippen molar-refractivity contribution in [1.82, 2.24) is 0 Å². The molecule has 0 atom stereocenters. The Morgan fingerprint density at radius 1 is 0.667 bits per heavy atom. The molecule has 238 valence electrons. The van der Waals surface area contributed by atoms with E-state index in [0.717, 1.165) is 6.07 Å². The summed E-state index contributed by atoms with van der Waals surface area (Å²) >= 11 is 0. The fourth-order valence-corrected chi connectivity index (χ4v) is 6.84. The van der Waals surface area contributed by atoms with Crippen LogP contribution in [-0.2, 0) is 29.8 Å². The lowest BCUT2D eigenvalue weighted by molar-refractivity contribution is 0.443. The van der Waals surface area contributed by atoms with Gasteiger partial charge in [-0.15, -0.1) is 15.3 Å². The molecule has 4 aromatic rings. The zero-order chi connectivity index (χ0) is 33.3. The standard InChI is InChI=1S/C28H29N5O9S3/c1-5-43(36,37)17-7-10-21(16(3)13-17)30-33-26-19-8-12-23(27(34)20(19)9-11-22(26)29-4)31-32-24-14-18(44(38,39)6-2)15-25(28(24)35)45(40,41)42/h7-15,29,34-35H,5-6H2,1-4H3,(H,40,41,42)/b32-31+,33-30+. The van der Waals surface area contributed by atoms with Crippen LogP contribution < -0.4 is 5.32 Å². The number of rotatable bonds is 10. The number of aryl methyl sites for hydroxylation is 1. The van der Waals surface area contributed by atoms with Gasteiger partial charge in [0.15, 0.2) is 31.2 Å². The molecule has 0 fully saturated rings. The number of sulfone groups is 2. The van der Waals surface area contributed by atoms with Crippen molar-refractivity contribution in [3.8, 4) is 11.5 Å². The van der Waals surface area contributed by atoms with Gasteiger partial charge < -0.3 is 15.5 Å². The number of fused-ring (bicyclic) bond motifs is 1. The molecule has 14 nitrogen and oxygen atoms in total. The molecule has 45 heavy (non-hydrogen) atoms. The Bertz CT molecular complexity index is 2220. The number of benzene rings is 4. The lowest BCUT2D eigenvalue weighted by Gasteiger charge is -2.11. The lowest BCUT2D eigenvalue weighted by Crippen LogP contribution is -2.06. The van der Waals surface area contributed by atoms with Crippen molar-refractivity contribution in [3.05, 3.63) is 60.2 Å². The van der Waals surface area contributed by atoms with Gasteiger partial charge in [0.2, 0.25) is 0 Å². The second-order valence-electron chi connectivity index (χ2n) is 9.66. The second kappa shape index (κ2) is 12.5. The number of phenolic OH excluding ortho intramolecular Hbond substituents is 2. The van der Waals surface area contributed by atoms with Crippen LogP contribution >= 0.6 is 0 Å². The van der Waals surface area contributed by atoms with Crippen molar-refractivity contribution in [2.45, 2.75) is 35.5 Å². The molecule has 0 saturated heterocycles. The number of phenols is 2. The minimum absolute atomic E-state index is 0.0419. The Balaban J connectivity index is 1.80. The van der Waals surface area contributed by atoms with Gasteiger partial charge in [0, 0.05) is 17.8 Å². The highest BCUT2D eigenvalue weighted by Gasteiger charge is 2.24. The van der Waals surface area contributed by atoms with Crippen molar-refractivity contribution in [3.63, 3.8) is 0 Å². The first-order valence-corrected chi connectivity index (χ1v) is 18.0. The minimum atomic E-state index is -5.03. The van der Waals surface area contributed by atoms with Gasteiger partial charge in [-0.3, -0.25) is 4.55 Å². The van der Waals surface area contributed by atoms with Gasteiger partial charge in [-0.05, 0) is 67.1 Å². The summed E-state index contributed by atoms with van der Waals surface area (Å²) in [5.74, 6) is -1.84. The first kappa shape index (κ1) is 33.4. The molecule has 4 rings (SSSR count). The lowest BCUT2D eigenvalue weighted by atomic mass is 10.1. The van der Waals surface area contributed by atoms with E-state index >= 15 is 0 Å². The molecule has 0 heterocycles. The number of nitrogens with one attached hydrogen (secondary N) is 1. The minimum Gasteiger partial charge on any atom is -0.505 e. The van der Waals surface area contributed by atoms with Gasteiger partial charge in [-0.25, -0.2) is 16.8 Å². The predicted octanol–water partition coefficient (Wildman–Crippen LogP) is 6.27. The quantitative estimate of drug-likeness (QED) is 0.109. The average Bonchev–Trinajstić information content (AvgIpc) is 2.99. The summed E-state index contributed by atoms with van der Waals surface area (Å²) in [7, 11) is -10.8. The number of aromatic hydroxyl groups is 2. The molecule has 0 radical (unpaired) electrons.